The molecule has 0 radical (unpaired) electrons. The second kappa shape index (κ2) is 9.65. The van der Waals surface area contributed by atoms with E-state index in [9.17, 15) is 13.6 Å². The van der Waals surface area contributed by atoms with E-state index in [1.165, 1.54) is 28.5 Å². The smallest absolute Gasteiger partial charge is 0.387 e. The van der Waals surface area contributed by atoms with E-state index in [1.807, 2.05) is 0 Å². The normalized spacial score (nSPS) is 14.7. The highest BCUT2D eigenvalue weighted by atomic mass is 19.3. The Morgan fingerprint density at radius 1 is 1.00 bits per heavy atom. The van der Waals surface area contributed by atoms with E-state index in [0.29, 0.717) is 17.1 Å². The van der Waals surface area contributed by atoms with Gasteiger partial charge in [0.15, 0.2) is 5.82 Å². The van der Waals surface area contributed by atoms with Crippen molar-refractivity contribution in [3.05, 3.63) is 70.5 Å². The lowest BCUT2D eigenvalue weighted by Crippen LogP contribution is -2.45. The summed E-state index contributed by atoms with van der Waals surface area (Å²) in [7, 11) is 3.57. The molecule has 11 heteroatoms. The maximum Gasteiger partial charge on any atom is 0.387 e. The number of nitrogens with zero attached hydrogens (tertiary/aromatic N) is 6. The van der Waals surface area contributed by atoms with E-state index in [-0.39, 0.29) is 28.8 Å². The van der Waals surface area contributed by atoms with Crippen molar-refractivity contribution in [1.82, 2.24) is 24.2 Å². The van der Waals surface area contributed by atoms with Crippen molar-refractivity contribution in [2.45, 2.75) is 13.2 Å². The van der Waals surface area contributed by atoms with E-state index in [1.54, 1.807) is 36.7 Å². The first-order valence-electron chi connectivity index (χ1n) is 11.5. The maximum atomic E-state index is 15.9. The molecule has 0 N–H and O–H groups in total. The van der Waals surface area contributed by atoms with Crippen molar-refractivity contribution in [3.63, 3.8) is 0 Å². The van der Waals surface area contributed by atoms with Crippen LogP contribution >= 0.6 is 0 Å². The van der Waals surface area contributed by atoms with Crippen LogP contribution in [0.5, 0.6) is 5.75 Å². The first-order chi connectivity index (χ1) is 17.3. The number of halogens is 3. The van der Waals surface area contributed by atoms with Crippen LogP contribution in [0.1, 0.15) is 5.56 Å². The van der Waals surface area contributed by atoms with Crippen LogP contribution in [-0.2, 0) is 13.6 Å². The van der Waals surface area contributed by atoms with Crippen LogP contribution in [0.2, 0.25) is 0 Å². The van der Waals surface area contributed by atoms with Gasteiger partial charge in [0.05, 0.1) is 11.9 Å². The van der Waals surface area contributed by atoms with E-state index in [2.05, 4.69) is 31.6 Å². The molecule has 188 valence electrons. The number of hydrogen-bond acceptors (Lipinski definition) is 6. The number of hydrogen-bond donors (Lipinski definition) is 0. The summed E-state index contributed by atoms with van der Waals surface area (Å²) in [6.45, 7) is 0.387. The number of benzene rings is 2. The highest BCUT2D eigenvalue weighted by Crippen LogP contribution is 2.29. The summed E-state index contributed by atoms with van der Waals surface area (Å²) in [5.41, 5.74) is 0.759. The fourth-order valence-electron chi connectivity index (χ4n) is 4.47. The van der Waals surface area contributed by atoms with Gasteiger partial charge in [-0.1, -0.05) is 24.3 Å². The third kappa shape index (κ3) is 4.41. The fraction of sp³-hybridized carbons (Fsp3) is 0.320. The number of aromatic nitrogens is 4. The third-order valence-electron chi connectivity index (χ3n) is 6.50. The van der Waals surface area contributed by atoms with Crippen LogP contribution in [0.15, 0.2) is 53.6 Å². The van der Waals surface area contributed by atoms with Crippen LogP contribution in [0.3, 0.4) is 0 Å². The molecule has 0 bridgehead atoms. The topological polar surface area (TPSA) is 68.4 Å². The number of alkyl halides is 2. The minimum Gasteiger partial charge on any atom is -0.434 e. The molecule has 8 nitrogen and oxygen atoms in total. The SMILES string of the molecule is CN1CCN(c2ncc(-c3ccc4c(=O)n(C)n(Cc5ccccc5OC(F)F)c4c3F)cn2)CC1. The van der Waals surface area contributed by atoms with Gasteiger partial charge in [0.25, 0.3) is 5.56 Å². The summed E-state index contributed by atoms with van der Waals surface area (Å²) in [6, 6.07) is 9.33. The zero-order chi connectivity index (χ0) is 25.4. The van der Waals surface area contributed by atoms with Crippen molar-refractivity contribution >= 4 is 16.9 Å². The van der Waals surface area contributed by atoms with Crippen molar-refractivity contribution in [1.29, 1.82) is 0 Å². The average molecular weight is 499 g/mol. The molecule has 5 rings (SSSR count). The molecule has 1 fully saturated rings. The Labute approximate surface area is 205 Å². The molecule has 2 aromatic carbocycles. The standard InChI is InChI=1S/C25H25F3N6O2/c1-31-9-11-33(12-10-31)25-29-13-17(14-30-25)18-7-8-19-22(21(18)26)34(32(2)23(19)35)15-16-5-3-4-6-20(16)36-24(27)28/h3-8,13-14,24H,9-12,15H2,1-2H3. The Hall–Kier alpha value is -3.86. The summed E-state index contributed by atoms with van der Waals surface area (Å²) in [5, 5.41) is 0.181. The Bertz CT molecular complexity index is 1440. The maximum absolute atomic E-state index is 15.9. The van der Waals surface area contributed by atoms with Crippen LogP contribution in [0.4, 0.5) is 19.1 Å². The quantitative estimate of drug-likeness (QED) is 0.406. The third-order valence-corrected chi connectivity index (χ3v) is 6.50. The van der Waals surface area contributed by atoms with Crippen LogP contribution in [0.25, 0.3) is 22.0 Å². The molecule has 1 aliphatic rings. The summed E-state index contributed by atoms with van der Waals surface area (Å²) >= 11 is 0. The molecule has 2 aromatic heterocycles. The molecule has 0 aliphatic carbocycles. The fourth-order valence-corrected chi connectivity index (χ4v) is 4.47. The molecule has 3 heterocycles. The zero-order valence-corrected chi connectivity index (χ0v) is 19.9. The van der Waals surface area contributed by atoms with E-state index in [0.717, 1.165) is 26.2 Å². The average Bonchev–Trinajstić information content (AvgIpc) is 3.11. The molecule has 0 saturated carbocycles. The number of ether oxygens (including phenoxy) is 1. The van der Waals surface area contributed by atoms with Crippen molar-refractivity contribution in [2.24, 2.45) is 7.05 Å². The van der Waals surface area contributed by atoms with Gasteiger partial charge in [-0.05, 0) is 19.2 Å². The number of para-hydroxylation sites is 1. The van der Waals surface area contributed by atoms with Gasteiger partial charge < -0.3 is 14.5 Å². The first kappa shape index (κ1) is 23.9. The monoisotopic (exact) mass is 498 g/mol. The zero-order valence-electron chi connectivity index (χ0n) is 19.9. The van der Waals surface area contributed by atoms with E-state index >= 15 is 4.39 Å². The van der Waals surface area contributed by atoms with E-state index < -0.39 is 18.0 Å². The molecule has 0 amide bonds. The van der Waals surface area contributed by atoms with Gasteiger partial charge in [-0.15, -0.1) is 0 Å². The summed E-state index contributed by atoms with van der Waals surface area (Å²) in [6.07, 6.45) is 3.14. The number of fused-ring (bicyclic) bond motifs is 1. The second-order valence-corrected chi connectivity index (χ2v) is 8.76. The van der Waals surface area contributed by atoms with Gasteiger partial charge in [0.2, 0.25) is 5.95 Å². The lowest BCUT2D eigenvalue weighted by atomic mass is 10.1. The van der Waals surface area contributed by atoms with Gasteiger partial charge in [-0.2, -0.15) is 8.78 Å². The van der Waals surface area contributed by atoms with Crippen molar-refractivity contribution < 1.29 is 17.9 Å². The Morgan fingerprint density at radius 3 is 2.39 bits per heavy atom. The molecular formula is C25H25F3N6O2. The Kier molecular flexibility index (Phi) is 6.40. The van der Waals surface area contributed by atoms with Gasteiger partial charge in [-0.3, -0.25) is 14.2 Å². The minimum absolute atomic E-state index is 0.0359. The van der Waals surface area contributed by atoms with Crippen molar-refractivity contribution in [2.75, 3.05) is 38.1 Å². The van der Waals surface area contributed by atoms with Crippen LogP contribution < -0.4 is 15.2 Å². The number of likely N-dealkylation sites (N-methyl/N-ethyl adjacent to an activating group) is 1. The predicted octanol–water partition coefficient (Wildman–Crippen LogP) is 3.34. The van der Waals surface area contributed by atoms with E-state index in [4.69, 9.17) is 0 Å². The molecule has 0 spiro atoms. The summed E-state index contributed by atoms with van der Waals surface area (Å²) < 4.78 is 49.0. The number of piperazine rings is 1. The molecule has 1 aliphatic heterocycles. The Balaban J connectivity index is 1.53. The highest BCUT2D eigenvalue weighted by molar-refractivity contribution is 5.85. The predicted molar refractivity (Wildman–Crippen MR) is 130 cm³/mol. The molecule has 1 saturated heterocycles. The van der Waals surface area contributed by atoms with Crippen molar-refractivity contribution in [3.8, 4) is 16.9 Å². The molecule has 4 aromatic rings. The lowest BCUT2D eigenvalue weighted by Gasteiger charge is -2.32. The number of rotatable bonds is 6. The summed E-state index contributed by atoms with van der Waals surface area (Å²) in [4.78, 5) is 26.0. The van der Waals surface area contributed by atoms with Crippen LogP contribution in [-0.4, -0.2) is 64.1 Å². The summed E-state index contributed by atoms with van der Waals surface area (Å²) in [5.74, 6) is -0.0692. The lowest BCUT2D eigenvalue weighted by molar-refractivity contribution is -0.0505. The van der Waals surface area contributed by atoms with Crippen LogP contribution in [0, 0.1) is 5.82 Å². The Morgan fingerprint density at radius 2 is 1.69 bits per heavy atom. The first-order valence-corrected chi connectivity index (χ1v) is 11.5. The molecule has 0 unspecified atom stereocenters. The van der Waals surface area contributed by atoms with Gasteiger partial charge in [-0.25, -0.2) is 14.4 Å². The highest BCUT2D eigenvalue weighted by Gasteiger charge is 2.21. The minimum atomic E-state index is -3.01. The second-order valence-electron chi connectivity index (χ2n) is 8.76. The molecule has 36 heavy (non-hydrogen) atoms. The van der Waals surface area contributed by atoms with Gasteiger partial charge >= 0.3 is 6.61 Å². The van der Waals surface area contributed by atoms with Gasteiger partial charge in [0.1, 0.15) is 11.3 Å². The largest absolute Gasteiger partial charge is 0.434 e. The molecule has 0 atom stereocenters. The number of anilines is 1. The van der Waals surface area contributed by atoms with Gasteiger partial charge in [0, 0.05) is 62.3 Å². The molecular weight excluding hydrogens is 473 g/mol.